The topological polar surface area (TPSA) is 93.2 Å². The Kier molecular flexibility index (Phi) is 9.59. The third kappa shape index (κ3) is 6.56. The standard InChI is InChI=1S/C9H18N2O2.H3N/c1-4-9(13)8(10-5-2)6-11-7(3)12;/h8,10H,4-6H2,1-3H3,(H,11,12);1H3/t8-;/m0./s1. The van der Waals surface area contributed by atoms with E-state index in [-0.39, 0.29) is 23.9 Å². The molecule has 84 valence electrons. The first-order valence-electron chi connectivity index (χ1n) is 4.62. The highest BCUT2D eigenvalue weighted by Gasteiger charge is 2.14. The molecule has 1 amide bonds. The molecule has 0 fully saturated rings. The van der Waals surface area contributed by atoms with Gasteiger partial charge in [0.15, 0.2) is 5.78 Å². The van der Waals surface area contributed by atoms with E-state index in [2.05, 4.69) is 10.6 Å². The summed E-state index contributed by atoms with van der Waals surface area (Å²) in [5, 5.41) is 5.65. The van der Waals surface area contributed by atoms with Crippen LogP contribution in [0.5, 0.6) is 0 Å². The van der Waals surface area contributed by atoms with Crippen LogP contribution < -0.4 is 16.8 Å². The Hall–Kier alpha value is -0.940. The maximum Gasteiger partial charge on any atom is 0.216 e. The van der Waals surface area contributed by atoms with Crippen molar-refractivity contribution in [3.63, 3.8) is 0 Å². The minimum Gasteiger partial charge on any atom is -0.354 e. The molecule has 0 spiro atoms. The zero-order valence-corrected chi connectivity index (χ0v) is 9.22. The fraction of sp³-hybridized carbons (Fsp3) is 0.778. The Morgan fingerprint density at radius 1 is 1.29 bits per heavy atom. The van der Waals surface area contributed by atoms with E-state index in [4.69, 9.17) is 0 Å². The minimum absolute atomic E-state index is 0. The summed E-state index contributed by atoms with van der Waals surface area (Å²) < 4.78 is 0. The van der Waals surface area contributed by atoms with E-state index in [1.165, 1.54) is 6.92 Å². The first-order chi connectivity index (χ1) is 6.11. The minimum atomic E-state index is -0.237. The smallest absolute Gasteiger partial charge is 0.216 e. The van der Waals surface area contributed by atoms with Crippen molar-refractivity contribution >= 4 is 11.7 Å². The molecule has 0 bridgehead atoms. The number of rotatable bonds is 6. The lowest BCUT2D eigenvalue weighted by Crippen LogP contribution is -2.45. The fourth-order valence-corrected chi connectivity index (χ4v) is 1.04. The van der Waals surface area contributed by atoms with E-state index in [1.807, 2.05) is 13.8 Å². The normalized spacial score (nSPS) is 11.4. The van der Waals surface area contributed by atoms with Crippen molar-refractivity contribution in [2.24, 2.45) is 0 Å². The molecule has 0 aromatic rings. The van der Waals surface area contributed by atoms with Crippen LogP contribution in [0.3, 0.4) is 0 Å². The summed E-state index contributed by atoms with van der Waals surface area (Å²) in [6.45, 7) is 6.31. The van der Waals surface area contributed by atoms with Gasteiger partial charge in [0, 0.05) is 19.9 Å². The SMILES string of the molecule is CCN[C@@H](CNC(C)=O)C(=O)CC.N. The van der Waals surface area contributed by atoms with Gasteiger partial charge in [-0.1, -0.05) is 13.8 Å². The summed E-state index contributed by atoms with van der Waals surface area (Å²) >= 11 is 0. The molecule has 0 aromatic heterocycles. The predicted molar refractivity (Wildman–Crippen MR) is 56.5 cm³/mol. The van der Waals surface area contributed by atoms with Crippen LogP contribution in [0.15, 0.2) is 0 Å². The zero-order valence-electron chi connectivity index (χ0n) is 9.22. The van der Waals surface area contributed by atoms with E-state index >= 15 is 0 Å². The molecule has 14 heavy (non-hydrogen) atoms. The van der Waals surface area contributed by atoms with Gasteiger partial charge >= 0.3 is 0 Å². The van der Waals surface area contributed by atoms with Crippen LogP contribution in [0.2, 0.25) is 0 Å². The molecule has 0 heterocycles. The average molecular weight is 203 g/mol. The van der Waals surface area contributed by atoms with Crippen LogP contribution in [-0.2, 0) is 9.59 Å². The summed E-state index contributed by atoms with van der Waals surface area (Å²) in [4.78, 5) is 21.9. The molecule has 0 radical (unpaired) electrons. The number of nitrogens with one attached hydrogen (secondary N) is 2. The van der Waals surface area contributed by atoms with Crippen LogP contribution in [0, 0.1) is 0 Å². The van der Waals surface area contributed by atoms with Gasteiger partial charge in [-0.15, -0.1) is 0 Å². The molecule has 0 aromatic carbocycles. The van der Waals surface area contributed by atoms with E-state index < -0.39 is 0 Å². The monoisotopic (exact) mass is 203 g/mol. The zero-order chi connectivity index (χ0) is 10.3. The van der Waals surface area contributed by atoms with E-state index in [0.29, 0.717) is 13.0 Å². The van der Waals surface area contributed by atoms with Gasteiger partial charge in [-0.25, -0.2) is 0 Å². The van der Waals surface area contributed by atoms with Crippen LogP contribution in [-0.4, -0.2) is 30.8 Å². The van der Waals surface area contributed by atoms with Gasteiger partial charge in [0.2, 0.25) is 5.91 Å². The van der Waals surface area contributed by atoms with Crippen molar-refractivity contribution < 1.29 is 9.59 Å². The molecule has 0 aliphatic heterocycles. The van der Waals surface area contributed by atoms with Crippen LogP contribution in [0.1, 0.15) is 27.2 Å². The van der Waals surface area contributed by atoms with Gasteiger partial charge in [-0.2, -0.15) is 0 Å². The molecule has 1 atom stereocenters. The summed E-state index contributed by atoms with van der Waals surface area (Å²) in [6, 6.07) is -0.237. The highest BCUT2D eigenvalue weighted by atomic mass is 16.1. The van der Waals surface area contributed by atoms with E-state index in [9.17, 15) is 9.59 Å². The molecule has 0 aliphatic rings. The van der Waals surface area contributed by atoms with Gasteiger partial charge < -0.3 is 16.8 Å². The second-order valence-electron chi connectivity index (χ2n) is 2.87. The summed E-state index contributed by atoms with van der Waals surface area (Å²) in [7, 11) is 0. The largest absolute Gasteiger partial charge is 0.354 e. The maximum atomic E-state index is 11.3. The van der Waals surface area contributed by atoms with Crippen LogP contribution in [0.4, 0.5) is 0 Å². The number of Topliss-reactive ketones (excluding diaryl/α,β-unsaturated/α-hetero) is 1. The highest BCUT2D eigenvalue weighted by molar-refractivity contribution is 5.84. The Morgan fingerprint density at radius 3 is 2.21 bits per heavy atom. The van der Waals surface area contributed by atoms with Crippen molar-refractivity contribution in [1.82, 2.24) is 16.8 Å². The lowest BCUT2D eigenvalue weighted by atomic mass is 10.1. The number of amides is 1. The summed E-state index contributed by atoms with van der Waals surface area (Å²) in [6.07, 6.45) is 0.497. The lowest BCUT2D eigenvalue weighted by Gasteiger charge is -2.15. The molecule has 0 unspecified atom stereocenters. The van der Waals surface area contributed by atoms with Crippen molar-refractivity contribution in [3.05, 3.63) is 0 Å². The quantitative estimate of drug-likeness (QED) is 0.576. The van der Waals surface area contributed by atoms with Crippen molar-refractivity contribution in [1.29, 1.82) is 0 Å². The molecule has 0 rings (SSSR count). The van der Waals surface area contributed by atoms with Crippen LogP contribution in [0.25, 0.3) is 0 Å². The molecule has 5 heteroatoms. The highest BCUT2D eigenvalue weighted by Crippen LogP contribution is 1.90. The summed E-state index contributed by atoms with van der Waals surface area (Å²) in [5.74, 6) is 0.0300. The number of hydrogen-bond acceptors (Lipinski definition) is 4. The van der Waals surface area contributed by atoms with Gasteiger partial charge in [-0.3, -0.25) is 9.59 Å². The molecule has 0 saturated heterocycles. The van der Waals surface area contributed by atoms with Crippen molar-refractivity contribution in [2.75, 3.05) is 13.1 Å². The van der Waals surface area contributed by atoms with E-state index in [1.54, 1.807) is 0 Å². The fourth-order valence-electron chi connectivity index (χ4n) is 1.04. The first kappa shape index (κ1) is 15.5. The molecular weight excluding hydrogens is 182 g/mol. The average Bonchev–Trinajstić information content (AvgIpc) is 2.10. The molecule has 0 saturated carbocycles. The van der Waals surface area contributed by atoms with E-state index in [0.717, 1.165) is 6.54 Å². The maximum absolute atomic E-state index is 11.3. The molecular formula is C9H21N3O2. The Labute approximate surface area is 85.2 Å². The van der Waals surface area contributed by atoms with Gasteiger partial charge in [-0.05, 0) is 6.54 Å². The number of hydrogen-bond donors (Lipinski definition) is 3. The molecule has 5 N–H and O–H groups in total. The van der Waals surface area contributed by atoms with Gasteiger partial charge in [0.05, 0.1) is 6.04 Å². The summed E-state index contributed by atoms with van der Waals surface area (Å²) in [5.41, 5.74) is 0. The molecule has 5 nitrogen and oxygen atoms in total. The Bertz CT molecular complexity index is 183. The third-order valence-corrected chi connectivity index (χ3v) is 1.74. The second kappa shape index (κ2) is 8.65. The van der Waals surface area contributed by atoms with Crippen molar-refractivity contribution in [3.8, 4) is 0 Å². The first-order valence-corrected chi connectivity index (χ1v) is 4.62. The van der Waals surface area contributed by atoms with Crippen molar-refractivity contribution in [2.45, 2.75) is 33.2 Å². The third-order valence-electron chi connectivity index (χ3n) is 1.74. The van der Waals surface area contributed by atoms with Gasteiger partial charge in [0.1, 0.15) is 0 Å². The number of carbonyl (C=O) groups is 2. The predicted octanol–water partition coefficient (Wildman–Crippen LogP) is 0.242. The number of likely N-dealkylation sites (N-methyl/N-ethyl adjacent to an activating group) is 1. The number of ketones is 1. The Balaban J connectivity index is 0. The Morgan fingerprint density at radius 2 is 1.86 bits per heavy atom. The van der Waals surface area contributed by atoms with Crippen LogP contribution >= 0.6 is 0 Å². The van der Waals surface area contributed by atoms with Gasteiger partial charge in [0.25, 0.3) is 0 Å². The second-order valence-corrected chi connectivity index (χ2v) is 2.87. The number of carbonyl (C=O) groups excluding carboxylic acids is 2. The lowest BCUT2D eigenvalue weighted by molar-refractivity contribution is -0.121. The molecule has 0 aliphatic carbocycles.